The molecule has 3 heterocycles. The van der Waals surface area contributed by atoms with Gasteiger partial charge in [-0.15, -0.1) is 0 Å². The van der Waals surface area contributed by atoms with E-state index in [1.807, 2.05) is 13.0 Å². The first-order valence-electron chi connectivity index (χ1n) is 11.1. The summed E-state index contributed by atoms with van der Waals surface area (Å²) < 4.78 is 11.3. The highest BCUT2D eigenvalue weighted by Crippen LogP contribution is 2.26. The fourth-order valence-electron chi connectivity index (χ4n) is 2.94. The summed E-state index contributed by atoms with van der Waals surface area (Å²) in [6.07, 6.45) is 7.86. The molecule has 1 saturated heterocycles. The van der Waals surface area contributed by atoms with Crippen LogP contribution in [0.5, 0.6) is 0 Å². The molecule has 0 unspecified atom stereocenters. The van der Waals surface area contributed by atoms with Crippen LogP contribution in [0.3, 0.4) is 0 Å². The predicted octanol–water partition coefficient (Wildman–Crippen LogP) is 5.13. The number of aromatic nitrogens is 2. The van der Waals surface area contributed by atoms with Crippen molar-refractivity contribution in [3.05, 3.63) is 58.1 Å². The predicted molar refractivity (Wildman–Crippen MR) is 129 cm³/mol. The van der Waals surface area contributed by atoms with E-state index in [-0.39, 0.29) is 25.4 Å². The molecular weight excluding hydrogens is 467 g/mol. The second-order valence-electron chi connectivity index (χ2n) is 7.62. The van der Waals surface area contributed by atoms with Crippen LogP contribution in [-0.4, -0.2) is 52.9 Å². The Kier molecular flexibility index (Phi) is 15.9. The minimum atomic E-state index is -0.280. The number of nitrogens with zero attached hydrogens (tertiary/aromatic N) is 2. The summed E-state index contributed by atoms with van der Waals surface area (Å²) in [6, 6.07) is 6.83. The molecule has 3 rings (SSSR count). The molecule has 1 fully saturated rings. The fraction of sp³-hybridized carbons (Fsp3) is 0.542. The summed E-state index contributed by atoms with van der Waals surface area (Å²) in [6.45, 7) is 5.98. The van der Waals surface area contributed by atoms with Gasteiger partial charge in [-0.1, -0.05) is 49.9 Å². The van der Waals surface area contributed by atoms with Crippen molar-refractivity contribution in [2.24, 2.45) is 11.8 Å². The van der Waals surface area contributed by atoms with E-state index < -0.39 is 0 Å². The van der Waals surface area contributed by atoms with Crippen molar-refractivity contribution in [1.29, 1.82) is 0 Å². The summed E-state index contributed by atoms with van der Waals surface area (Å²) >= 11 is 11.2. The van der Waals surface area contributed by atoms with Gasteiger partial charge < -0.3 is 19.7 Å². The van der Waals surface area contributed by atoms with Gasteiger partial charge in [-0.25, -0.2) is 9.97 Å². The van der Waals surface area contributed by atoms with E-state index in [1.54, 1.807) is 24.4 Å². The van der Waals surface area contributed by atoms with Crippen LogP contribution < -0.4 is 0 Å². The van der Waals surface area contributed by atoms with Gasteiger partial charge in [0.25, 0.3) is 0 Å². The second-order valence-corrected chi connectivity index (χ2v) is 8.39. The molecule has 0 spiro atoms. The van der Waals surface area contributed by atoms with E-state index in [9.17, 15) is 4.79 Å². The zero-order valence-electron chi connectivity index (χ0n) is 19.2. The summed E-state index contributed by atoms with van der Waals surface area (Å²) in [5.41, 5.74) is 1.47. The first-order chi connectivity index (χ1) is 16.0. The Bertz CT molecular complexity index is 750. The van der Waals surface area contributed by atoms with Gasteiger partial charge in [0, 0.05) is 48.6 Å². The highest BCUT2D eigenvalue weighted by Gasteiger charge is 2.23. The molecule has 0 saturated carbocycles. The van der Waals surface area contributed by atoms with Crippen molar-refractivity contribution >= 4 is 29.5 Å². The summed E-state index contributed by atoms with van der Waals surface area (Å²) in [5, 5.41) is 17.9. The maximum absolute atomic E-state index is 10.0. The molecule has 0 atom stereocenters. The van der Waals surface area contributed by atoms with Gasteiger partial charge >= 0.3 is 0 Å². The van der Waals surface area contributed by atoms with Gasteiger partial charge in [0.15, 0.2) is 12.6 Å². The van der Waals surface area contributed by atoms with E-state index in [1.165, 1.54) is 12.6 Å². The molecule has 0 aromatic carbocycles. The molecule has 1 aliphatic heterocycles. The third-order valence-electron chi connectivity index (χ3n) is 4.79. The van der Waals surface area contributed by atoms with Crippen LogP contribution in [0.4, 0.5) is 0 Å². The average molecular weight is 501 g/mol. The standard InChI is InChI=1S/C12H16ClNO2.C6H4ClNO.C6H14O2/c1-2-3-9-7-15-12(16-8-9)10-4-5-11(13)14-6-10;7-6-2-1-5(4-9)3-8-6;1-2-3-6(4-7)5-8/h4-6,9,12H,2-3,7-8H2,1H3;1-4H;6-8H,2-5H2,1H3. The van der Waals surface area contributed by atoms with E-state index in [0.29, 0.717) is 21.8 Å². The summed E-state index contributed by atoms with van der Waals surface area (Å²) in [4.78, 5) is 17.7. The maximum Gasteiger partial charge on any atom is 0.185 e. The quantitative estimate of drug-likeness (QED) is 0.382. The van der Waals surface area contributed by atoms with Crippen LogP contribution in [0.2, 0.25) is 10.3 Å². The lowest BCUT2D eigenvalue weighted by Crippen LogP contribution is -2.27. The van der Waals surface area contributed by atoms with E-state index in [2.05, 4.69) is 16.9 Å². The number of halogens is 2. The number of aldehydes is 1. The molecule has 0 bridgehead atoms. The number of rotatable bonds is 8. The highest BCUT2D eigenvalue weighted by atomic mass is 35.5. The third kappa shape index (κ3) is 12.4. The number of hydrogen-bond acceptors (Lipinski definition) is 7. The Hall–Kier alpha value is -1.61. The van der Waals surface area contributed by atoms with E-state index in [4.69, 9.17) is 42.9 Å². The topological polar surface area (TPSA) is 102 Å². The summed E-state index contributed by atoms with van der Waals surface area (Å²) in [5.74, 6) is 0.640. The number of hydrogen-bond donors (Lipinski definition) is 2. The van der Waals surface area contributed by atoms with Crippen molar-refractivity contribution in [3.8, 4) is 0 Å². The lowest BCUT2D eigenvalue weighted by molar-refractivity contribution is -0.206. The van der Waals surface area contributed by atoms with Gasteiger partial charge in [-0.05, 0) is 37.1 Å². The first-order valence-corrected chi connectivity index (χ1v) is 11.9. The Morgan fingerprint density at radius 1 is 1.00 bits per heavy atom. The van der Waals surface area contributed by atoms with Gasteiger partial charge in [0.05, 0.1) is 13.2 Å². The Morgan fingerprint density at radius 2 is 1.61 bits per heavy atom. The minimum absolute atomic E-state index is 0.111. The number of ether oxygens (including phenoxy) is 2. The Morgan fingerprint density at radius 3 is 2.00 bits per heavy atom. The Labute approximate surface area is 206 Å². The number of aliphatic hydroxyl groups excluding tert-OH is 2. The van der Waals surface area contributed by atoms with Gasteiger partial charge in [0.1, 0.15) is 10.3 Å². The number of carbonyl (C=O) groups excluding carboxylic acids is 1. The largest absolute Gasteiger partial charge is 0.396 e. The molecule has 7 nitrogen and oxygen atoms in total. The summed E-state index contributed by atoms with van der Waals surface area (Å²) in [7, 11) is 0. The van der Waals surface area contributed by atoms with Gasteiger partial charge in [-0.2, -0.15) is 0 Å². The second kappa shape index (κ2) is 17.8. The molecule has 0 radical (unpaired) electrons. The lowest BCUT2D eigenvalue weighted by Gasteiger charge is -2.29. The number of pyridine rings is 2. The number of aliphatic hydroxyl groups is 2. The zero-order valence-corrected chi connectivity index (χ0v) is 20.7. The van der Waals surface area contributed by atoms with Gasteiger partial charge in [0.2, 0.25) is 0 Å². The molecule has 0 aliphatic carbocycles. The molecule has 33 heavy (non-hydrogen) atoms. The third-order valence-corrected chi connectivity index (χ3v) is 5.23. The van der Waals surface area contributed by atoms with Crippen LogP contribution >= 0.6 is 23.2 Å². The van der Waals surface area contributed by atoms with Crippen molar-refractivity contribution in [2.75, 3.05) is 26.4 Å². The molecule has 2 aromatic heterocycles. The molecule has 2 aromatic rings. The van der Waals surface area contributed by atoms with Crippen LogP contribution in [0, 0.1) is 11.8 Å². The fourth-order valence-corrected chi connectivity index (χ4v) is 3.17. The van der Waals surface area contributed by atoms with E-state index in [0.717, 1.165) is 44.3 Å². The Balaban J connectivity index is 0.000000273. The van der Waals surface area contributed by atoms with Crippen molar-refractivity contribution < 1.29 is 24.5 Å². The van der Waals surface area contributed by atoms with Crippen molar-refractivity contribution in [3.63, 3.8) is 0 Å². The van der Waals surface area contributed by atoms with Crippen molar-refractivity contribution in [1.82, 2.24) is 9.97 Å². The minimum Gasteiger partial charge on any atom is -0.396 e. The highest BCUT2D eigenvalue weighted by molar-refractivity contribution is 6.29. The van der Waals surface area contributed by atoms with Crippen LogP contribution in [-0.2, 0) is 9.47 Å². The van der Waals surface area contributed by atoms with Crippen LogP contribution in [0.1, 0.15) is 61.7 Å². The smallest absolute Gasteiger partial charge is 0.185 e. The normalized spacial score (nSPS) is 17.4. The first kappa shape index (κ1) is 29.4. The van der Waals surface area contributed by atoms with Crippen molar-refractivity contribution in [2.45, 2.75) is 45.8 Å². The van der Waals surface area contributed by atoms with Gasteiger partial charge in [-0.3, -0.25) is 4.79 Å². The number of carbonyl (C=O) groups is 1. The molecule has 0 amide bonds. The molecule has 2 N–H and O–H groups in total. The lowest BCUT2D eigenvalue weighted by atomic mass is 10.1. The molecule has 1 aliphatic rings. The molecule has 184 valence electrons. The van der Waals surface area contributed by atoms with Crippen LogP contribution in [0.15, 0.2) is 36.7 Å². The molecule has 9 heteroatoms. The zero-order chi connectivity index (χ0) is 24.5. The van der Waals surface area contributed by atoms with Crippen LogP contribution in [0.25, 0.3) is 0 Å². The van der Waals surface area contributed by atoms with E-state index >= 15 is 0 Å². The SMILES string of the molecule is CCCC(CO)CO.CCCC1COC(c2ccc(Cl)nc2)OC1.O=Cc1ccc(Cl)nc1. The average Bonchev–Trinajstić information content (AvgIpc) is 2.85. The maximum atomic E-state index is 10.0. The monoisotopic (exact) mass is 500 g/mol. The molecular formula is C24H34Cl2N2O5.